The minimum absolute atomic E-state index is 0.179. The summed E-state index contributed by atoms with van der Waals surface area (Å²) in [6, 6.07) is 14.2. The molecule has 1 aliphatic heterocycles. The summed E-state index contributed by atoms with van der Waals surface area (Å²) < 4.78 is 5.52. The van der Waals surface area contributed by atoms with Crippen LogP contribution in [0.25, 0.3) is 16.7 Å². The van der Waals surface area contributed by atoms with Gasteiger partial charge in [-0.15, -0.1) is 0 Å². The maximum Gasteiger partial charge on any atom is 0.160 e. The minimum atomic E-state index is 0.179. The first-order valence-corrected chi connectivity index (χ1v) is 10.7. The maximum atomic E-state index is 10.1. The molecule has 0 aliphatic carbocycles. The Balaban J connectivity index is 1.48. The number of fused-ring (bicyclic) bond motifs is 1. The van der Waals surface area contributed by atoms with Gasteiger partial charge in [-0.3, -0.25) is 4.99 Å². The van der Waals surface area contributed by atoms with E-state index < -0.39 is 0 Å². The fourth-order valence-corrected chi connectivity index (χ4v) is 3.97. The van der Waals surface area contributed by atoms with Gasteiger partial charge >= 0.3 is 0 Å². The molecule has 2 heterocycles. The Morgan fingerprint density at radius 3 is 2.90 bits per heavy atom. The summed E-state index contributed by atoms with van der Waals surface area (Å²) in [6.07, 6.45) is 4.89. The van der Waals surface area contributed by atoms with Crippen LogP contribution in [0.3, 0.4) is 0 Å². The second-order valence-electron chi connectivity index (χ2n) is 6.98. The molecule has 0 atom stereocenters. The van der Waals surface area contributed by atoms with Gasteiger partial charge in [0.1, 0.15) is 0 Å². The zero-order chi connectivity index (χ0) is 20.1. The smallest absolute Gasteiger partial charge is 0.160 e. The molecule has 148 valence electrons. The van der Waals surface area contributed by atoms with Gasteiger partial charge in [0, 0.05) is 19.0 Å². The second-order valence-corrected chi connectivity index (χ2v) is 7.76. The quantitative estimate of drug-likeness (QED) is 0.549. The Morgan fingerprint density at radius 1 is 1.17 bits per heavy atom. The molecule has 0 spiro atoms. The molecule has 0 unspecified atom stereocenters. The first kappa shape index (κ1) is 19.3. The lowest BCUT2D eigenvalue weighted by atomic mass is 9.94. The van der Waals surface area contributed by atoms with Gasteiger partial charge in [-0.25, -0.2) is 0 Å². The van der Waals surface area contributed by atoms with Crippen LogP contribution in [0, 0.1) is 0 Å². The van der Waals surface area contributed by atoms with Crippen LogP contribution in [-0.4, -0.2) is 24.5 Å². The van der Waals surface area contributed by atoms with Gasteiger partial charge in [0.05, 0.1) is 13.2 Å². The lowest BCUT2D eigenvalue weighted by Gasteiger charge is -2.16. The van der Waals surface area contributed by atoms with E-state index in [-0.39, 0.29) is 5.75 Å². The molecule has 0 radical (unpaired) electrons. The van der Waals surface area contributed by atoms with E-state index in [0.29, 0.717) is 25.4 Å². The highest BCUT2D eigenvalue weighted by Crippen LogP contribution is 2.30. The highest BCUT2D eigenvalue weighted by atomic mass is 32.1. The summed E-state index contributed by atoms with van der Waals surface area (Å²) >= 11 is 1.71. The van der Waals surface area contributed by atoms with Crippen LogP contribution in [-0.2, 0) is 6.54 Å². The Hall–Kier alpha value is -3.05. The first-order chi connectivity index (χ1) is 14.2. The van der Waals surface area contributed by atoms with Crippen LogP contribution < -0.4 is 10.1 Å². The van der Waals surface area contributed by atoms with E-state index in [1.54, 1.807) is 17.4 Å². The Labute approximate surface area is 175 Å². The van der Waals surface area contributed by atoms with Crippen molar-refractivity contribution in [3.8, 4) is 22.6 Å². The topological polar surface area (TPSA) is 53.8 Å². The fraction of sp³-hybridized carbons (Fsp3) is 0.208. The predicted octanol–water partition coefficient (Wildman–Crippen LogP) is 5.47. The highest BCUT2D eigenvalue weighted by Gasteiger charge is 2.12. The van der Waals surface area contributed by atoms with E-state index in [1.807, 2.05) is 31.5 Å². The lowest BCUT2D eigenvalue weighted by Crippen LogP contribution is -2.10. The Kier molecular flexibility index (Phi) is 5.96. The number of phenols is 1. The highest BCUT2D eigenvalue weighted by molar-refractivity contribution is 7.08. The molecule has 0 saturated carbocycles. The second kappa shape index (κ2) is 8.97. The summed E-state index contributed by atoms with van der Waals surface area (Å²) in [5.74, 6) is 0.712. The average molecular weight is 405 g/mol. The van der Waals surface area contributed by atoms with E-state index in [0.717, 1.165) is 23.1 Å². The molecule has 2 aromatic carbocycles. The average Bonchev–Trinajstić information content (AvgIpc) is 3.28. The van der Waals surface area contributed by atoms with Crippen molar-refractivity contribution >= 4 is 23.1 Å². The van der Waals surface area contributed by atoms with Crippen molar-refractivity contribution in [1.82, 2.24) is 5.32 Å². The summed E-state index contributed by atoms with van der Waals surface area (Å²) in [5.41, 5.74) is 6.97. The van der Waals surface area contributed by atoms with E-state index in [4.69, 9.17) is 4.74 Å². The van der Waals surface area contributed by atoms with Crippen LogP contribution in [0.4, 0.5) is 0 Å². The van der Waals surface area contributed by atoms with E-state index in [2.05, 4.69) is 45.3 Å². The molecule has 0 amide bonds. The number of thiophene rings is 1. The van der Waals surface area contributed by atoms with E-state index in [1.165, 1.54) is 16.7 Å². The molecule has 29 heavy (non-hydrogen) atoms. The molecule has 4 rings (SSSR count). The summed E-state index contributed by atoms with van der Waals surface area (Å²) in [6.45, 7) is 3.92. The van der Waals surface area contributed by atoms with E-state index in [9.17, 15) is 5.11 Å². The summed E-state index contributed by atoms with van der Waals surface area (Å²) in [5, 5.41) is 17.8. The fourth-order valence-electron chi connectivity index (χ4n) is 3.31. The number of nitrogens with one attached hydrogen (secondary N) is 1. The van der Waals surface area contributed by atoms with Crippen molar-refractivity contribution in [3.05, 3.63) is 76.1 Å². The number of benzene rings is 2. The molecule has 4 nitrogen and oxygen atoms in total. The van der Waals surface area contributed by atoms with Crippen LogP contribution in [0.2, 0.25) is 0 Å². The molecule has 1 aromatic heterocycles. The zero-order valence-electron chi connectivity index (χ0n) is 16.4. The maximum absolute atomic E-state index is 10.1. The molecular formula is C24H24N2O2S. The summed E-state index contributed by atoms with van der Waals surface area (Å²) in [4.78, 5) is 4.48. The number of hydrogen-bond acceptors (Lipinski definition) is 5. The minimum Gasteiger partial charge on any atom is -0.504 e. The molecule has 2 N–H and O–H groups in total. The predicted molar refractivity (Wildman–Crippen MR) is 121 cm³/mol. The van der Waals surface area contributed by atoms with Crippen LogP contribution in [0.5, 0.6) is 11.5 Å². The largest absolute Gasteiger partial charge is 0.504 e. The van der Waals surface area contributed by atoms with Crippen molar-refractivity contribution < 1.29 is 9.84 Å². The molecular weight excluding hydrogens is 380 g/mol. The van der Waals surface area contributed by atoms with Crippen molar-refractivity contribution in [2.75, 3.05) is 13.2 Å². The number of hydrogen-bond donors (Lipinski definition) is 2. The van der Waals surface area contributed by atoms with Crippen LogP contribution >= 0.6 is 11.3 Å². The number of ether oxygens (including phenoxy) is 1. The van der Waals surface area contributed by atoms with Crippen molar-refractivity contribution in [3.63, 3.8) is 0 Å². The molecule has 1 aliphatic rings. The van der Waals surface area contributed by atoms with Crippen molar-refractivity contribution in [2.24, 2.45) is 4.99 Å². The van der Waals surface area contributed by atoms with E-state index >= 15 is 0 Å². The normalized spacial score (nSPS) is 14.0. The summed E-state index contributed by atoms with van der Waals surface area (Å²) in [7, 11) is 0. The third kappa shape index (κ3) is 4.51. The molecule has 0 fully saturated rings. The number of rotatable bonds is 7. The third-order valence-electron chi connectivity index (χ3n) is 4.81. The van der Waals surface area contributed by atoms with Gasteiger partial charge in [-0.2, -0.15) is 11.3 Å². The van der Waals surface area contributed by atoms with Crippen molar-refractivity contribution in [1.29, 1.82) is 0 Å². The Bertz CT molecular complexity index is 1040. The van der Waals surface area contributed by atoms with Crippen molar-refractivity contribution in [2.45, 2.75) is 19.9 Å². The number of aliphatic imine (C=N–C) groups is 1. The number of phenolic OH excluding ortho intramolecular Hbond substituents is 1. The number of aromatic hydroxyl groups is 1. The van der Waals surface area contributed by atoms with Gasteiger partial charge in [0.2, 0.25) is 0 Å². The molecule has 3 aromatic rings. The standard InChI is InChI=1S/C24H24N2O2S/c1-2-8-28-24-6-3-17(10-23(24)27)12-25-14-21-15-26-13-19-5-4-18(11-22(19)21)20-7-9-29-16-20/h3-7,9-11,13-14,16,25,27H,2,8,12,15H2,1H3/b21-14+. The van der Waals surface area contributed by atoms with Gasteiger partial charge < -0.3 is 15.2 Å². The van der Waals surface area contributed by atoms with Gasteiger partial charge in [-0.05, 0) is 74.8 Å². The third-order valence-corrected chi connectivity index (χ3v) is 5.50. The molecule has 5 heteroatoms. The molecule has 0 saturated heterocycles. The van der Waals surface area contributed by atoms with Crippen LogP contribution in [0.15, 0.2) is 64.4 Å². The van der Waals surface area contributed by atoms with Crippen LogP contribution in [0.1, 0.15) is 30.0 Å². The zero-order valence-corrected chi connectivity index (χ0v) is 17.2. The SMILES string of the molecule is CCCOc1ccc(CN/C=C2\CN=Cc3ccc(-c4ccsc4)cc32)cc1O. The van der Waals surface area contributed by atoms with Gasteiger partial charge in [0.25, 0.3) is 0 Å². The monoisotopic (exact) mass is 404 g/mol. The van der Waals surface area contributed by atoms with Gasteiger partial charge in [-0.1, -0.05) is 25.1 Å². The Morgan fingerprint density at radius 2 is 2.10 bits per heavy atom. The first-order valence-electron chi connectivity index (χ1n) is 9.78. The molecule has 0 bridgehead atoms. The lowest BCUT2D eigenvalue weighted by molar-refractivity contribution is 0.299. The number of nitrogens with zero attached hydrogens (tertiary/aromatic N) is 1. The van der Waals surface area contributed by atoms with Gasteiger partial charge in [0.15, 0.2) is 11.5 Å².